The van der Waals surface area contributed by atoms with E-state index in [0.29, 0.717) is 34.3 Å². The molecule has 0 bridgehead atoms. The second kappa shape index (κ2) is 14.2. The Hall–Kier alpha value is -3.07. The first kappa shape index (κ1) is 32.4. The molecule has 0 aromatic heterocycles. The number of carbonyl (C=O) groups is 2. The van der Waals surface area contributed by atoms with Crippen molar-refractivity contribution in [2.45, 2.75) is 58.5 Å². The Labute approximate surface area is 253 Å². The number of aryl methyl sites for hydroxylation is 2. The molecule has 0 saturated carbocycles. The monoisotopic (exact) mass is 617 g/mol. The lowest BCUT2D eigenvalue weighted by Gasteiger charge is -2.33. The van der Waals surface area contributed by atoms with Crippen molar-refractivity contribution < 1.29 is 18.0 Å². The van der Waals surface area contributed by atoms with E-state index < -0.39 is 28.5 Å². The van der Waals surface area contributed by atoms with E-state index in [1.54, 1.807) is 55.5 Å². The molecule has 1 N–H and O–H groups in total. The number of halogens is 2. The van der Waals surface area contributed by atoms with Crippen LogP contribution in [0.25, 0.3) is 0 Å². The maximum atomic E-state index is 14.2. The lowest BCUT2D eigenvalue weighted by Crippen LogP contribution is -2.52. The van der Waals surface area contributed by atoms with Crippen molar-refractivity contribution in [1.82, 2.24) is 10.2 Å². The number of nitrogens with one attached hydrogen (secondary N) is 1. The van der Waals surface area contributed by atoms with E-state index in [1.807, 2.05) is 33.8 Å². The Morgan fingerprint density at radius 3 is 2.10 bits per heavy atom. The van der Waals surface area contributed by atoms with Crippen LogP contribution in [0.5, 0.6) is 0 Å². The molecule has 2 amide bonds. The fraction of sp³-hybridized carbons (Fsp3) is 0.355. The normalized spacial score (nSPS) is 12.2. The molecule has 3 rings (SSSR count). The van der Waals surface area contributed by atoms with Gasteiger partial charge < -0.3 is 10.2 Å². The van der Waals surface area contributed by atoms with Crippen LogP contribution in [-0.2, 0) is 26.2 Å². The van der Waals surface area contributed by atoms with Crippen LogP contribution in [0.3, 0.4) is 0 Å². The molecule has 3 aromatic carbocycles. The van der Waals surface area contributed by atoms with E-state index in [1.165, 1.54) is 17.0 Å². The van der Waals surface area contributed by atoms with Crippen molar-refractivity contribution in [1.29, 1.82) is 0 Å². The molecule has 0 aliphatic rings. The molecule has 0 spiro atoms. The van der Waals surface area contributed by atoms with Gasteiger partial charge in [-0.25, -0.2) is 8.42 Å². The minimum Gasteiger partial charge on any atom is -0.354 e. The van der Waals surface area contributed by atoms with Gasteiger partial charge in [0.25, 0.3) is 10.0 Å². The minimum absolute atomic E-state index is 0.0495. The molecular weight excluding hydrogens is 581 g/mol. The largest absolute Gasteiger partial charge is 0.354 e. The maximum Gasteiger partial charge on any atom is 0.264 e. The van der Waals surface area contributed by atoms with Crippen LogP contribution in [0.15, 0.2) is 71.6 Å². The topological polar surface area (TPSA) is 86.8 Å². The molecule has 41 heavy (non-hydrogen) atoms. The Balaban J connectivity index is 2.10. The molecule has 0 heterocycles. The predicted octanol–water partition coefficient (Wildman–Crippen LogP) is 6.39. The van der Waals surface area contributed by atoms with Crippen molar-refractivity contribution in [3.8, 4) is 0 Å². The molecule has 0 aliphatic heterocycles. The third-order valence-electron chi connectivity index (χ3n) is 6.85. The Morgan fingerprint density at radius 2 is 1.54 bits per heavy atom. The van der Waals surface area contributed by atoms with Crippen molar-refractivity contribution >= 4 is 50.7 Å². The molecule has 0 fully saturated rings. The quantitative estimate of drug-likeness (QED) is 0.255. The summed E-state index contributed by atoms with van der Waals surface area (Å²) in [4.78, 5) is 28.9. The van der Waals surface area contributed by atoms with Gasteiger partial charge in [-0.1, -0.05) is 74.3 Å². The number of sulfonamides is 1. The molecule has 0 saturated heterocycles. The number of rotatable bonds is 12. The van der Waals surface area contributed by atoms with E-state index in [0.717, 1.165) is 15.4 Å². The highest BCUT2D eigenvalue weighted by molar-refractivity contribution is 7.92. The average Bonchev–Trinajstić information content (AvgIpc) is 2.93. The first-order chi connectivity index (χ1) is 19.4. The highest BCUT2D eigenvalue weighted by atomic mass is 35.5. The molecule has 3 aromatic rings. The summed E-state index contributed by atoms with van der Waals surface area (Å²) in [6, 6.07) is 17.3. The molecule has 0 unspecified atom stereocenters. The molecule has 0 radical (unpaired) electrons. The third kappa shape index (κ3) is 8.03. The average molecular weight is 619 g/mol. The lowest BCUT2D eigenvalue weighted by atomic mass is 10.1. The van der Waals surface area contributed by atoms with Crippen molar-refractivity contribution in [3.05, 3.63) is 93.5 Å². The number of anilines is 1. The van der Waals surface area contributed by atoms with E-state index in [4.69, 9.17) is 23.2 Å². The highest BCUT2D eigenvalue weighted by Gasteiger charge is 2.34. The summed E-state index contributed by atoms with van der Waals surface area (Å²) in [5, 5.41) is 3.59. The summed E-state index contributed by atoms with van der Waals surface area (Å²) in [5.74, 6) is -0.693. The Bertz CT molecular complexity index is 1460. The van der Waals surface area contributed by atoms with Crippen molar-refractivity contribution in [2.75, 3.05) is 17.4 Å². The van der Waals surface area contributed by atoms with E-state index in [-0.39, 0.29) is 23.3 Å². The van der Waals surface area contributed by atoms with Gasteiger partial charge in [-0.3, -0.25) is 13.9 Å². The van der Waals surface area contributed by atoms with Crippen molar-refractivity contribution in [3.63, 3.8) is 0 Å². The van der Waals surface area contributed by atoms with Gasteiger partial charge in [0, 0.05) is 28.7 Å². The Morgan fingerprint density at radius 1 is 0.902 bits per heavy atom. The SMILES string of the molecule is CC[C@@H](C(=O)NCC(C)C)N(Cc1c(Cl)cccc1Cl)C(=O)CN(c1ccc(C)c(C)c1)S(=O)(=O)c1ccccc1. The summed E-state index contributed by atoms with van der Waals surface area (Å²) in [6.07, 6.45) is 0.298. The minimum atomic E-state index is -4.14. The van der Waals surface area contributed by atoms with Crippen LogP contribution in [0.4, 0.5) is 5.69 Å². The number of carbonyl (C=O) groups excluding carboxylic acids is 2. The van der Waals surface area contributed by atoms with Crippen LogP contribution in [0, 0.1) is 19.8 Å². The van der Waals surface area contributed by atoms with Gasteiger partial charge in [0.1, 0.15) is 12.6 Å². The Kier molecular flexibility index (Phi) is 11.2. The standard InChI is InChI=1S/C31H37Cl2N3O4S/c1-6-29(31(38)34-18-21(2)3)35(19-26-27(32)13-10-14-28(26)33)30(37)20-36(24-16-15-22(4)23(5)17-24)41(39,40)25-11-8-7-9-12-25/h7-17,21,29H,6,18-20H2,1-5H3,(H,34,38)/t29-/m0/s1. The van der Waals surface area contributed by atoms with Crippen LogP contribution in [0.1, 0.15) is 43.9 Å². The molecular formula is C31H37Cl2N3O4S. The van der Waals surface area contributed by atoms with Crippen molar-refractivity contribution in [2.24, 2.45) is 5.92 Å². The van der Waals surface area contributed by atoms with Gasteiger partial charge in [0.05, 0.1) is 10.6 Å². The maximum absolute atomic E-state index is 14.2. The smallest absolute Gasteiger partial charge is 0.264 e. The van der Waals surface area contributed by atoms with Gasteiger partial charge >= 0.3 is 0 Å². The van der Waals surface area contributed by atoms with Crippen LogP contribution < -0.4 is 9.62 Å². The number of hydrogen-bond donors (Lipinski definition) is 1. The van der Waals surface area contributed by atoms with Gasteiger partial charge in [-0.05, 0) is 73.7 Å². The van der Waals surface area contributed by atoms with Crippen LogP contribution in [0.2, 0.25) is 10.0 Å². The molecule has 10 heteroatoms. The number of nitrogens with zero attached hydrogens (tertiary/aromatic N) is 2. The van der Waals surface area contributed by atoms with Crippen LogP contribution >= 0.6 is 23.2 Å². The first-order valence-electron chi connectivity index (χ1n) is 13.5. The van der Waals surface area contributed by atoms with Gasteiger partial charge in [-0.15, -0.1) is 0 Å². The van der Waals surface area contributed by atoms with Gasteiger partial charge in [0.15, 0.2) is 0 Å². The lowest BCUT2D eigenvalue weighted by molar-refractivity contribution is -0.140. The summed E-state index contributed by atoms with van der Waals surface area (Å²) in [5.41, 5.74) is 2.68. The van der Waals surface area contributed by atoms with Crippen LogP contribution in [-0.4, -0.2) is 44.3 Å². The first-order valence-corrected chi connectivity index (χ1v) is 15.7. The summed E-state index contributed by atoms with van der Waals surface area (Å²) < 4.78 is 29.0. The zero-order chi connectivity index (χ0) is 30.3. The van der Waals surface area contributed by atoms with E-state index in [2.05, 4.69) is 5.32 Å². The fourth-order valence-corrected chi connectivity index (χ4v) is 6.27. The predicted molar refractivity (Wildman–Crippen MR) is 166 cm³/mol. The molecule has 220 valence electrons. The summed E-state index contributed by atoms with van der Waals surface area (Å²) in [7, 11) is -4.14. The zero-order valence-electron chi connectivity index (χ0n) is 24.0. The molecule has 7 nitrogen and oxygen atoms in total. The van der Waals surface area contributed by atoms with Gasteiger partial charge in [-0.2, -0.15) is 0 Å². The highest BCUT2D eigenvalue weighted by Crippen LogP contribution is 2.29. The van der Waals surface area contributed by atoms with Gasteiger partial charge in [0.2, 0.25) is 11.8 Å². The summed E-state index contributed by atoms with van der Waals surface area (Å²) in [6.45, 7) is 9.39. The second-order valence-electron chi connectivity index (χ2n) is 10.4. The number of amides is 2. The molecule has 0 aliphatic carbocycles. The third-order valence-corrected chi connectivity index (χ3v) is 9.35. The van der Waals surface area contributed by atoms with E-state index >= 15 is 0 Å². The number of hydrogen-bond acceptors (Lipinski definition) is 4. The summed E-state index contributed by atoms with van der Waals surface area (Å²) >= 11 is 12.9. The second-order valence-corrected chi connectivity index (χ2v) is 13.1. The van der Waals surface area contributed by atoms with E-state index in [9.17, 15) is 18.0 Å². The fourth-order valence-electron chi connectivity index (χ4n) is 4.32. The molecule has 1 atom stereocenters. The number of benzene rings is 3. The zero-order valence-corrected chi connectivity index (χ0v) is 26.4.